The topological polar surface area (TPSA) is 30.9 Å². The molecule has 0 bridgehead atoms. The molecule has 1 aromatic heterocycles. The second-order valence-electron chi connectivity index (χ2n) is 4.41. The highest BCUT2D eigenvalue weighted by atomic mass is 32.1. The van der Waals surface area contributed by atoms with Gasteiger partial charge in [0.05, 0.1) is 11.5 Å². The van der Waals surface area contributed by atoms with Gasteiger partial charge in [0.2, 0.25) is 0 Å². The maximum atomic E-state index is 4.54. The number of rotatable bonds is 4. The molecule has 5 heteroatoms. The van der Waals surface area contributed by atoms with Crippen molar-refractivity contribution in [2.75, 3.05) is 44.2 Å². The van der Waals surface area contributed by atoms with Crippen LogP contribution in [0.15, 0.2) is 35.2 Å². The summed E-state index contributed by atoms with van der Waals surface area (Å²) in [5.41, 5.74) is 0. The summed E-state index contributed by atoms with van der Waals surface area (Å²) in [7, 11) is 0. The lowest BCUT2D eigenvalue weighted by Crippen LogP contribution is -2.52. The van der Waals surface area contributed by atoms with Gasteiger partial charge < -0.3 is 15.1 Å². The number of nitrogens with one attached hydrogen (secondary N) is 1. The summed E-state index contributed by atoms with van der Waals surface area (Å²) in [6.45, 7) is 11.5. The highest BCUT2D eigenvalue weighted by Gasteiger charge is 2.19. The second kappa shape index (κ2) is 7.19. The minimum Gasteiger partial charge on any atom is -0.360 e. The van der Waals surface area contributed by atoms with Crippen LogP contribution >= 0.6 is 11.3 Å². The molecule has 0 amide bonds. The van der Waals surface area contributed by atoms with E-state index < -0.39 is 0 Å². The first-order chi connectivity index (χ1) is 9.35. The normalized spacial score (nSPS) is 16.6. The maximum Gasteiger partial charge on any atom is 0.194 e. The zero-order valence-electron chi connectivity index (χ0n) is 11.5. The number of hydrogen-bond donors (Lipinski definition) is 1. The van der Waals surface area contributed by atoms with Crippen molar-refractivity contribution in [3.8, 4) is 0 Å². The molecule has 19 heavy (non-hydrogen) atoms. The van der Waals surface area contributed by atoms with Crippen molar-refractivity contribution in [2.24, 2.45) is 4.99 Å². The molecule has 4 nitrogen and oxygen atoms in total. The monoisotopic (exact) mass is 278 g/mol. The van der Waals surface area contributed by atoms with Crippen molar-refractivity contribution in [3.05, 3.63) is 30.2 Å². The lowest BCUT2D eigenvalue weighted by molar-refractivity contribution is 0.374. The summed E-state index contributed by atoms with van der Waals surface area (Å²) in [6.07, 6.45) is 1.83. The molecule has 1 aromatic rings. The van der Waals surface area contributed by atoms with Gasteiger partial charge in [-0.2, -0.15) is 0 Å². The third-order valence-corrected chi connectivity index (χ3v) is 4.03. The Morgan fingerprint density at radius 3 is 2.84 bits per heavy atom. The Labute approximate surface area is 119 Å². The molecule has 1 aliphatic heterocycles. The van der Waals surface area contributed by atoms with Crippen molar-refractivity contribution in [2.45, 2.75) is 6.92 Å². The van der Waals surface area contributed by atoms with Crippen LogP contribution in [-0.4, -0.2) is 50.1 Å². The number of anilines is 1. The van der Waals surface area contributed by atoms with Gasteiger partial charge in [0.25, 0.3) is 0 Å². The van der Waals surface area contributed by atoms with Gasteiger partial charge in [-0.3, -0.25) is 0 Å². The Balaban J connectivity index is 1.92. The zero-order valence-corrected chi connectivity index (χ0v) is 12.3. The van der Waals surface area contributed by atoms with Gasteiger partial charge in [-0.25, -0.2) is 4.99 Å². The van der Waals surface area contributed by atoms with Gasteiger partial charge in [0, 0.05) is 32.7 Å². The molecule has 0 aliphatic carbocycles. The Morgan fingerprint density at radius 2 is 2.26 bits per heavy atom. The molecule has 1 aliphatic rings. The standard InChI is InChI=1S/C14H22N4S/c1-3-7-16-14(15-4-2)18-10-8-17(9-11-18)13-6-5-12-19-13/h3,5-6,12H,1,4,7-11H2,2H3,(H,15,16). The van der Waals surface area contributed by atoms with E-state index in [1.54, 1.807) is 0 Å². The van der Waals surface area contributed by atoms with Crippen LogP contribution in [0.5, 0.6) is 0 Å². The van der Waals surface area contributed by atoms with Crippen molar-refractivity contribution in [1.29, 1.82) is 0 Å². The molecule has 104 valence electrons. The summed E-state index contributed by atoms with van der Waals surface area (Å²) >= 11 is 1.81. The maximum absolute atomic E-state index is 4.54. The molecular weight excluding hydrogens is 256 g/mol. The summed E-state index contributed by atoms with van der Waals surface area (Å²) in [5, 5.41) is 6.85. The van der Waals surface area contributed by atoms with Crippen molar-refractivity contribution in [1.82, 2.24) is 10.2 Å². The number of piperazine rings is 1. The van der Waals surface area contributed by atoms with E-state index in [-0.39, 0.29) is 0 Å². The van der Waals surface area contributed by atoms with Gasteiger partial charge >= 0.3 is 0 Å². The first-order valence-electron chi connectivity index (χ1n) is 6.77. The Kier molecular flexibility index (Phi) is 5.27. The smallest absolute Gasteiger partial charge is 0.194 e. The molecule has 1 saturated heterocycles. The lowest BCUT2D eigenvalue weighted by Gasteiger charge is -2.37. The fraction of sp³-hybridized carbons (Fsp3) is 0.500. The molecule has 0 spiro atoms. The Hall–Kier alpha value is -1.49. The molecule has 0 unspecified atom stereocenters. The summed E-state index contributed by atoms with van der Waals surface area (Å²) in [6, 6.07) is 4.30. The molecule has 1 fully saturated rings. The lowest BCUT2D eigenvalue weighted by atomic mass is 10.3. The average Bonchev–Trinajstić information content (AvgIpc) is 2.98. The van der Waals surface area contributed by atoms with Crippen LogP contribution in [0.1, 0.15) is 6.92 Å². The van der Waals surface area contributed by atoms with E-state index in [9.17, 15) is 0 Å². The van der Waals surface area contributed by atoms with E-state index in [1.165, 1.54) is 5.00 Å². The molecule has 0 saturated carbocycles. The third kappa shape index (κ3) is 3.73. The molecule has 0 aromatic carbocycles. The number of thiophene rings is 1. The Morgan fingerprint density at radius 1 is 1.47 bits per heavy atom. The molecule has 0 radical (unpaired) electrons. The third-order valence-electron chi connectivity index (χ3n) is 3.10. The van der Waals surface area contributed by atoms with Crippen molar-refractivity contribution < 1.29 is 0 Å². The minimum absolute atomic E-state index is 0.674. The van der Waals surface area contributed by atoms with Crippen LogP contribution in [0.4, 0.5) is 5.00 Å². The first-order valence-corrected chi connectivity index (χ1v) is 7.65. The number of hydrogen-bond acceptors (Lipinski definition) is 3. The molecule has 1 N–H and O–H groups in total. The van der Waals surface area contributed by atoms with Crippen molar-refractivity contribution >= 4 is 22.3 Å². The van der Waals surface area contributed by atoms with Crippen LogP contribution in [0.3, 0.4) is 0 Å². The van der Waals surface area contributed by atoms with E-state index in [0.29, 0.717) is 6.54 Å². The second-order valence-corrected chi connectivity index (χ2v) is 5.33. The quantitative estimate of drug-likeness (QED) is 0.519. The summed E-state index contributed by atoms with van der Waals surface area (Å²) in [5.74, 6) is 1.01. The van der Waals surface area contributed by atoms with E-state index in [0.717, 1.165) is 38.7 Å². The van der Waals surface area contributed by atoms with Gasteiger partial charge in [0.15, 0.2) is 5.96 Å². The SMILES string of the molecule is C=CCN=C(NCC)N1CCN(c2cccs2)CC1. The number of guanidine groups is 1. The molecule has 0 atom stereocenters. The minimum atomic E-state index is 0.674. The van der Waals surface area contributed by atoms with Crippen LogP contribution in [0.25, 0.3) is 0 Å². The van der Waals surface area contributed by atoms with Crippen LogP contribution in [0, 0.1) is 0 Å². The van der Waals surface area contributed by atoms with Gasteiger partial charge in [-0.1, -0.05) is 6.08 Å². The highest BCUT2D eigenvalue weighted by molar-refractivity contribution is 7.14. The summed E-state index contributed by atoms with van der Waals surface area (Å²) < 4.78 is 0. The van der Waals surface area contributed by atoms with Gasteiger partial charge in [-0.15, -0.1) is 17.9 Å². The average molecular weight is 278 g/mol. The predicted molar refractivity (Wildman–Crippen MR) is 84.3 cm³/mol. The van der Waals surface area contributed by atoms with E-state index in [2.05, 4.69) is 51.1 Å². The fourth-order valence-corrected chi connectivity index (χ4v) is 2.95. The van der Waals surface area contributed by atoms with Crippen LogP contribution in [0.2, 0.25) is 0 Å². The number of aliphatic imine (C=N–C) groups is 1. The molecular formula is C14H22N4S. The molecule has 2 rings (SSSR count). The Bertz CT molecular complexity index is 405. The van der Waals surface area contributed by atoms with E-state index >= 15 is 0 Å². The highest BCUT2D eigenvalue weighted by Crippen LogP contribution is 2.22. The van der Waals surface area contributed by atoms with Crippen LogP contribution in [-0.2, 0) is 0 Å². The van der Waals surface area contributed by atoms with Gasteiger partial charge in [0.1, 0.15) is 0 Å². The number of nitrogens with zero attached hydrogens (tertiary/aromatic N) is 3. The first kappa shape index (κ1) is 13.9. The largest absolute Gasteiger partial charge is 0.360 e. The predicted octanol–water partition coefficient (Wildman–Crippen LogP) is 2.02. The van der Waals surface area contributed by atoms with Crippen molar-refractivity contribution in [3.63, 3.8) is 0 Å². The van der Waals surface area contributed by atoms with Gasteiger partial charge in [-0.05, 0) is 24.4 Å². The van der Waals surface area contributed by atoms with Crippen LogP contribution < -0.4 is 10.2 Å². The fourth-order valence-electron chi connectivity index (χ4n) is 2.17. The molecule has 2 heterocycles. The summed E-state index contributed by atoms with van der Waals surface area (Å²) in [4.78, 5) is 9.31. The van der Waals surface area contributed by atoms with E-state index in [1.807, 2.05) is 17.4 Å². The van der Waals surface area contributed by atoms with E-state index in [4.69, 9.17) is 0 Å². The zero-order chi connectivity index (χ0) is 13.5.